The van der Waals surface area contributed by atoms with Crippen molar-refractivity contribution in [3.05, 3.63) is 71.6 Å². The number of amides is 2. The number of hydrogen-bond acceptors (Lipinski definition) is 3. The number of halogens is 1. The fraction of sp³-hybridized carbons (Fsp3) is 0.250. The van der Waals surface area contributed by atoms with Crippen LogP contribution in [0.1, 0.15) is 40.5 Å². The minimum Gasteiger partial charge on any atom is -0.350 e. The van der Waals surface area contributed by atoms with E-state index in [9.17, 15) is 14.0 Å². The molecule has 2 N–H and O–H groups in total. The van der Waals surface area contributed by atoms with E-state index < -0.39 is 5.91 Å². The second-order valence-electron chi connectivity index (χ2n) is 6.65. The average molecular weight is 368 g/mol. The molecule has 7 heteroatoms. The number of nitrogens with zero attached hydrogens (tertiary/aromatic N) is 2. The van der Waals surface area contributed by atoms with Crippen LogP contribution < -0.4 is 10.6 Å². The largest absolute Gasteiger partial charge is 0.350 e. The molecule has 0 spiro atoms. The molecule has 0 radical (unpaired) electrons. The van der Waals surface area contributed by atoms with Gasteiger partial charge in [0.05, 0.1) is 5.52 Å². The van der Waals surface area contributed by atoms with E-state index in [4.69, 9.17) is 0 Å². The molecule has 0 saturated heterocycles. The van der Waals surface area contributed by atoms with Crippen LogP contribution in [0.4, 0.5) is 4.39 Å². The van der Waals surface area contributed by atoms with E-state index in [1.165, 1.54) is 12.1 Å². The van der Waals surface area contributed by atoms with Crippen LogP contribution in [-0.2, 0) is 6.54 Å². The lowest BCUT2D eigenvalue weighted by atomic mass is 10.2. The van der Waals surface area contributed by atoms with Crippen LogP contribution in [0.3, 0.4) is 0 Å². The highest BCUT2D eigenvalue weighted by Gasteiger charge is 2.21. The Morgan fingerprint density at radius 3 is 2.52 bits per heavy atom. The van der Waals surface area contributed by atoms with E-state index in [1.54, 1.807) is 40.9 Å². The summed E-state index contributed by atoms with van der Waals surface area (Å²) in [5.74, 6) is -0.626. The maximum absolute atomic E-state index is 13.0. The molecule has 2 amide bonds. The SMILES string of the molecule is CC(C)CNC(=O)c1nc(C(=O)NCc2ccc(F)cc2)n2ccccc12. The number of nitrogens with one attached hydrogen (secondary N) is 2. The van der Waals surface area contributed by atoms with Crippen molar-refractivity contribution >= 4 is 17.3 Å². The summed E-state index contributed by atoms with van der Waals surface area (Å²) in [7, 11) is 0. The Morgan fingerprint density at radius 2 is 1.81 bits per heavy atom. The van der Waals surface area contributed by atoms with E-state index in [-0.39, 0.29) is 29.8 Å². The van der Waals surface area contributed by atoms with Crippen molar-refractivity contribution in [1.82, 2.24) is 20.0 Å². The van der Waals surface area contributed by atoms with Crippen molar-refractivity contribution in [1.29, 1.82) is 0 Å². The number of hydrogen-bond donors (Lipinski definition) is 2. The summed E-state index contributed by atoms with van der Waals surface area (Å²) in [6.07, 6.45) is 1.69. The summed E-state index contributed by atoms with van der Waals surface area (Å²) >= 11 is 0. The lowest BCUT2D eigenvalue weighted by molar-refractivity contribution is 0.0939. The number of pyridine rings is 1. The first-order valence-electron chi connectivity index (χ1n) is 8.73. The predicted molar refractivity (Wildman–Crippen MR) is 99.9 cm³/mol. The minimum atomic E-state index is -0.413. The van der Waals surface area contributed by atoms with E-state index in [2.05, 4.69) is 15.6 Å². The Labute approximate surface area is 156 Å². The summed E-state index contributed by atoms with van der Waals surface area (Å²) in [6.45, 7) is 4.76. The zero-order valence-corrected chi connectivity index (χ0v) is 15.2. The van der Waals surface area contributed by atoms with Gasteiger partial charge < -0.3 is 10.6 Å². The summed E-state index contributed by atoms with van der Waals surface area (Å²) < 4.78 is 14.6. The van der Waals surface area contributed by atoms with Crippen molar-refractivity contribution in [2.45, 2.75) is 20.4 Å². The molecule has 0 atom stereocenters. The average Bonchev–Trinajstić information content (AvgIpc) is 3.05. The van der Waals surface area contributed by atoms with Gasteiger partial charge in [-0.2, -0.15) is 0 Å². The number of carbonyl (C=O) groups is 2. The third-order valence-electron chi connectivity index (χ3n) is 4.00. The minimum absolute atomic E-state index is 0.127. The predicted octanol–water partition coefficient (Wildman–Crippen LogP) is 2.79. The third kappa shape index (κ3) is 4.31. The second-order valence-corrected chi connectivity index (χ2v) is 6.65. The summed E-state index contributed by atoms with van der Waals surface area (Å²) in [5.41, 5.74) is 1.54. The molecule has 6 nitrogen and oxygen atoms in total. The molecular weight excluding hydrogens is 347 g/mol. The molecule has 0 unspecified atom stereocenters. The Balaban J connectivity index is 1.82. The van der Waals surface area contributed by atoms with Crippen LogP contribution in [0.25, 0.3) is 5.52 Å². The molecule has 0 bridgehead atoms. The Kier molecular flexibility index (Phi) is 5.49. The molecule has 2 aromatic heterocycles. The topological polar surface area (TPSA) is 75.5 Å². The highest BCUT2D eigenvalue weighted by Crippen LogP contribution is 2.14. The quantitative estimate of drug-likeness (QED) is 0.703. The standard InChI is InChI=1S/C20H21FN4O2/c1-13(2)11-22-19(26)17-16-5-3-4-10-25(16)18(24-17)20(27)23-12-14-6-8-15(21)9-7-14/h3-10,13H,11-12H2,1-2H3,(H,22,26)(H,23,27). The van der Waals surface area contributed by atoms with E-state index in [0.717, 1.165) is 5.56 Å². The van der Waals surface area contributed by atoms with Crippen molar-refractivity contribution < 1.29 is 14.0 Å². The van der Waals surface area contributed by atoms with Crippen LogP contribution in [0, 0.1) is 11.7 Å². The maximum Gasteiger partial charge on any atom is 0.287 e. The smallest absolute Gasteiger partial charge is 0.287 e. The first-order chi connectivity index (χ1) is 13.0. The lowest BCUT2D eigenvalue weighted by Gasteiger charge is -2.05. The molecule has 3 rings (SSSR count). The maximum atomic E-state index is 13.0. The van der Waals surface area contributed by atoms with Crippen LogP contribution in [0.5, 0.6) is 0 Å². The second kappa shape index (κ2) is 7.99. The van der Waals surface area contributed by atoms with Crippen LogP contribution in [0.2, 0.25) is 0 Å². The van der Waals surface area contributed by atoms with Crippen LogP contribution >= 0.6 is 0 Å². The van der Waals surface area contributed by atoms with Gasteiger partial charge in [0.25, 0.3) is 11.8 Å². The van der Waals surface area contributed by atoms with Crippen LogP contribution in [0.15, 0.2) is 48.7 Å². The molecule has 0 aliphatic rings. The number of imidazole rings is 1. The molecule has 0 saturated carbocycles. The van der Waals surface area contributed by atoms with Crippen molar-refractivity contribution in [2.75, 3.05) is 6.54 Å². The van der Waals surface area contributed by atoms with Gasteiger partial charge in [0, 0.05) is 19.3 Å². The monoisotopic (exact) mass is 368 g/mol. The zero-order valence-electron chi connectivity index (χ0n) is 15.2. The summed E-state index contributed by atoms with van der Waals surface area (Å²) in [6, 6.07) is 11.2. The highest BCUT2D eigenvalue weighted by molar-refractivity contribution is 6.02. The molecule has 3 aromatic rings. The van der Waals surface area contributed by atoms with Crippen molar-refractivity contribution in [2.24, 2.45) is 5.92 Å². The number of benzene rings is 1. The summed E-state index contributed by atoms with van der Waals surface area (Å²) in [4.78, 5) is 29.3. The number of aromatic nitrogens is 2. The van der Waals surface area contributed by atoms with E-state index in [1.807, 2.05) is 13.8 Å². The Morgan fingerprint density at radius 1 is 1.07 bits per heavy atom. The number of carbonyl (C=O) groups excluding carboxylic acids is 2. The molecule has 0 aliphatic heterocycles. The van der Waals surface area contributed by atoms with Crippen molar-refractivity contribution in [3.63, 3.8) is 0 Å². The zero-order chi connectivity index (χ0) is 19.4. The molecule has 140 valence electrons. The Hall–Kier alpha value is -3.22. The molecular formula is C20H21FN4O2. The van der Waals surface area contributed by atoms with Gasteiger partial charge in [-0.25, -0.2) is 9.37 Å². The van der Waals surface area contributed by atoms with Gasteiger partial charge in [-0.15, -0.1) is 0 Å². The van der Waals surface area contributed by atoms with Gasteiger partial charge in [0.1, 0.15) is 5.82 Å². The number of fused-ring (bicyclic) bond motifs is 1. The molecule has 0 fully saturated rings. The fourth-order valence-corrected chi connectivity index (χ4v) is 2.61. The number of rotatable bonds is 6. The fourth-order valence-electron chi connectivity index (χ4n) is 2.61. The first-order valence-corrected chi connectivity index (χ1v) is 8.73. The third-order valence-corrected chi connectivity index (χ3v) is 4.00. The summed E-state index contributed by atoms with van der Waals surface area (Å²) in [5, 5.41) is 5.58. The van der Waals surface area contributed by atoms with Gasteiger partial charge >= 0.3 is 0 Å². The molecule has 27 heavy (non-hydrogen) atoms. The molecule has 2 heterocycles. The first kappa shape index (κ1) is 18.6. The van der Waals surface area contributed by atoms with Gasteiger partial charge in [-0.3, -0.25) is 14.0 Å². The lowest BCUT2D eigenvalue weighted by Crippen LogP contribution is -2.28. The van der Waals surface area contributed by atoms with Crippen LogP contribution in [-0.4, -0.2) is 27.7 Å². The molecule has 0 aliphatic carbocycles. The molecule has 1 aromatic carbocycles. The van der Waals surface area contributed by atoms with Gasteiger partial charge in [-0.05, 0) is 35.7 Å². The van der Waals surface area contributed by atoms with Gasteiger partial charge in [0.2, 0.25) is 5.82 Å². The Bertz CT molecular complexity index is 964. The van der Waals surface area contributed by atoms with E-state index >= 15 is 0 Å². The normalized spacial score (nSPS) is 11.0. The highest BCUT2D eigenvalue weighted by atomic mass is 19.1. The van der Waals surface area contributed by atoms with Crippen molar-refractivity contribution in [3.8, 4) is 0 Å². The van der Waals surface area contributed by atoms with Gasteiger partial charge in [-0.1, -0.05) is 32.0 Å². The van der Waals surface area contributed by atoms with Gasteiger partial charge in [0.15, 0.2) is 5.69 Å². The van der Waals surface area contributed by atoms with E-state index in [0.29, 0.717) is 18.0 Å².